The van der Waals surface area contributed by atoms with E-state index >= 15 is 4.39 Å². The van der Waals surface area contributed by atoms with E-state index < -0.39 is 17.7 Å². The van der Waals surface area contributed by atoms with Crippen molar-refractivity contribution in [2.24, 2.45) is 5.41 Å². The van der Waals surface area contributed by atoms with Gasteiger partial charge in [0, 0.05) is 56.1 Å². The molecule has 12 nitrogen and oxygen atoms in total. The van der Waals surface area contributed by atoms with Crippen LogP contribution in [0.25, 0.3) is 11.4 Å². The summed E-state index contributed by atoms with van der Waals surface area (Å²) in [5.41, 5.74) is 1.83. The number of rotatable bonds is 8. The van der Waals surface area contributed by atoms with E-state index in [1.807, 2.05) is 12.1 Å². The van der Waals surface area contributed by atoms with Crippen molar-refractivity contribution in [2.75, 3.05) is 62.7 Å². The van der Waals surface area contributed by atoms with Crippen LogP contribution < -0.4 is 15.0 Å². The predicted octanol–water partition coefficient (Wildman–Crippen LogP) is 3.30. The third-order valence-corrected chi connectivity index (χ3v) is 9.29. The maximum atomic E-state index is 15.1. The van der Waals surface area contributed by atoms with Gasteiger partial charge >= 0.3 is 0 Å². The Balaban J connectivity index is 0.967. The van der Waals surface area contributed by atoms with E-state index in [0.29, 0.717) is 42.8 Å². The average Bonchev–Trinajstić information content (AvgIpc) is 3.87. The number of hydrogen-bond acceptors (Lipinski definition) is 11. The van der Waals surface area contributed by atoms with E-state index in [9.17, 15) is 15.3 Å². The Morgan fingerprint density at radius 3 is 2.48 bits per heavy atom. The summed E-state index contributed by atoms with van der Waals surface area (Å²) in [5, 5.41) is 22.4. The van der Waals surface area contributed by atoms with Gasteiger partial charge in [-0.05, 0) is 55.3 Å². The number of ether oxygens (including phenoxy) is 2. The molecular weight excluding hydrogens is 589 g/mol. The first-order valence-corrected chi connectivity index (χ1v) is 15.6. The number of carbonyl (C=O) groups is 1. The molecule has 7 rings (SSSR count). The molecule has 3 saturated heterocycles. The maximum Gasteiger partial charge on any atom is 0.243 e. The number of piperazine rings is 1. The summed E-state index contributed by atoms with van der Waals surface area (Å²) in [7, 11) is 0. The second-order valence-corrected chi connectivity index (χ2v) is 12.2. The third-order valence-electron chi connectivity index (χ3n) is 9.29. The smallest absolute Gasteiger partial charge is 0.243 e. The number of anilines is 3. The summed E-state index contributed by atoms with van der Waals surface area (Å²) >= 11 is 0. The summed E-state index contributed by atoms with van der Waals surface area (Å²) < 4.78 is 26.4. The minimum absolute atomic E-state index is 0.135. The number of nitrogens with zero attached hydrogens (tertiary/aromatic N) is 8. The van der Waals surface area contributed by atoms with Gasteiger partial charge < -0.3 is 24.6 Å². The summed E-state index contributed by atoms with van der Waals surface area (Å²) in [6, 6.07) is 17.9. The number of alkyl halides is 1. The summed E-state index contributed by atoms with van der Waals surface area (Å²) in [4.78, 5) is 32.1. The zero-order valence-electron chi connectivity index (χ0n) is 25.3. The fourth-order valence-corrected chi connectivity index (χ4v) is 6.18. The number of halogens is 1. The van der Waals surface area contributed by atoms with Crippen LogP contribution >= 0.6 is 0 Å². The second-order valence-electron chi connectivity index (χ2n) is 12.2. The fourth-order valence-electron chi connectivity index (χ4n) is 6.18. The Bertz CT molecular complexity index is 1670. The predicted molar refractivity (Wildman–Crippen MR) is 166 cm³/mol. The molecular formula is C33H34FN9O3. The summed E-state index contributed by atoms with van der Waals surface area (Å²) in [5.74, 6) is 0.679. The SMILES string of the molecule is N#Cc1cc(-c2ncnc(Nc3ccc(N4CCN(C5COC5)CC4)cc3)n2)ccc1O[C@H]1CCN(C(=O)C2(C#N)CC2)C[C@@H]1F. The van der Waals surface area contributed by atoms with Crippen LogP contribution in [0.15, 0.2) is 48.8 Å². The van der Waals surface area contributed by atoms with Gasteiger partial charge in [0.25, 0.3) is 0 Å². The third kappa shape index (κ3) is 6.04. The number of amides is 1. The molecule has 0 bridgehead atoms. The molecule has 236 valence electrons. The molecule has 0 spiro atoms. The van der Waals surface area contributed by atoms with Crippen LogP contribution in [0.5, 0.6) is 5.75 Å². The number of benzene rings is 2. The van der Waals surface area contributed by atoms with Crippen molar-refractivity contribution in [3.63, 3.8) is 0 Å². The molecule has 0 radical (unpaired) electrons. The van der Waals surface area contributed by atoms with E-state index in [0.717, 1.165) is 45.1 Å². The minimum atomic E-state index is -1.44. The molecule has 4 aliphatic rings. The van der Waals surface area contributed by atoms with Crippen LogP contribution in [0.4, 0.5) is 21.7 Å². The minimum Gasteiger partial charge on any atom is -0.486 e. The first-order valence-electron chi connectivity index (χ1n) is 15.6. The number of likely N-dealkylation sites (tertiary alicyclic amines) is 1. The maximum absolute atomic E-state index is 15.1. The summed E-state index contributed by atoms with van der Waals surface area (Å²) in [6.07, 6.45) is 0.456. The first-order chi connectivity index (χ1) is 22.4. The monoisotopic (exact) mass is 623 g/mol. The Hall–Kier alpha value is -4.85. The topological polar surface area (TPSA) is 144 Å². The Labute approximate surface area is 266 Å². The Kier molecular flexibility index (Phi) is 8.11. The van der Waals surface area contributed by atoms with Gasteiger partial charge in [0.1, 0.15) is 29.7 Å². The van der Waals surface area contributed by atoms with Crippen molar-refractivity contribution < 1.29 is 18.7 Å². The molecule has 1 saturated carbocycles. The second kappa shape index (κ2) is 12.5. The Morgan fingerprint density at radius 2 is 1.83 bits per heavy atom. The van der Waals surface area contributed by atoms with Crippen molar-refractivity contribution in [3.05, 3.63) is 54.4 Å². The molecule has 3 aliphatic heterocycles. The van der Waals surface area contributed by atoms with E-state index in [-0.39, 0.29) is 30.2 Å². The number of nitriles is 2. The van der Waals surface area contributed by atoms with Gasteiger partial charge in [0.05, 0.1) is 37.4 Å². The fraction of sp³-hybridized carbons (Fsp3) is 0.455. The lowest BCUT2D eigenvalue weighted by molar-refractivity contribution is -0.138. The van der Waals surface area contributed by atoms with Crippen LogP contribution in [-0.2, 0) is 9.53 Å². The molecule has 46 heavy (non-hydrogen) atoms. The van der Waals surface area contributed by atoms with Gasteiger partial charge in [-0.1, -0.05) is 0 Å². The van der Waals surface area contributed by atoms with Crippen molar-refractivity contribution in [1.29, 1.82) is 10.5 Å². The molecule has 13 heteroatoms. The van der Waals surface area contributed by atoms with Gasteiger partial charge in [-0.15, -0.1) is 0 Å². The van der Waals surface area contributed by atoms with Crippen LogP contribution in [0.1, 0.15) is 24.8 Å². The molecule has 1 amide bonds. The van der Waals surface area contributed by atoms with Gasteiger partial charge in [-0.2, -0.15) is 15.5 Å². The number of carbonyl (C=O) groups excluding carboxylic acids is 1. The lowest BCUT2D eigenvalue weighted by atomic mass is 10.0. The highest BCUT2D eigenvalue weighted by atomic mass is 19.1. The van der Waals surface area contributed by atoms with Crippen molar-refractivity contribution in [3.8, 4) is 29.3 Å². The molecule has 4 fully saturated rings. The lowest BCUT2D eigenvalue weighted by Gasteiger charge is -2.43. The van der Waals surface area contributed by atoms with Crippen LogP contribution in [0.3, 0.4) is 0 Å². The van der Waals surface area contributed by atoms with E-state index in [4.69, 9.17) is 9.47 Å². The first kappa shape index (κ1) is 29.8. The Morgan fingerprint density at radius 1 is 1.04 bits per heavy atom. The van der Waals surface area contributed by atoms with Gasteiger partial charge in [-0.25, -0.2) is 14.4 Å². The lowest BCUT2D eigenvalue weighted by Crippen LogP contribution is -2.56. The highest BCUT2D eigenvalue weighted by Gasteiger charge is 2.53. The molecule has 2 aromatic carbocycles. The number of nitrogens with one attached hydrogen (secondary N) is 1. The highest BCUT2D eigenvalue weighted by molar-refractivity contribution is 5.88. The zero-order chi connectivity index (χ0) is 31.7. The highest BCUT2D eigenvalue weighted by Crippen LogP contribution is 2.47. The van der Waals surface area contributed by atoms with Crippen molar-refractivity contribution >= 4 is 23.2 Å². The number of piperidine rings is 1. The van der Waals surface area contributed by atoms with Crippen LogP contribution in [0.2, 0.25) is 0 Å². The van der Waals surface area contributed by atoms with Gasteiger partial charge in [0.2, 0.25) is 11.9 Å². The molecule has 0 unspecified atom stereocenters. The zero-order valence-corrected chi connectivity index (χ0v) is 25.3. The molecule has 4 heterocycles. The van der Waals surface area contributed by atoms with Crippen LogP contribution in [-0.4, -0.2) is 101 Å². The van der Waals surface area contributed by atoms with E-state index in [1.165, 1.54) is 16.9 Å². The largest absolute Gasteiger partial charge is 0.486 e. The van der Waals surface area contributed by atoms with Crippen molar-refractivity contribution in [1.82, 2.24) is 24.8 Å². The molecule has 1 aliphatic carbocycles. The average molecular weight is 624 g/mol. The standard InChI is InChI=1S/C33H34FN9O3/c34-27-17-43(31(44)33(20-36)8-9-33)10-7-29(27)46-28-6-1-22(15-23(28)16-35)30-37-21-38-32(40-30)39-24-2-4-25(5-3-24)41-11-13-42(14-12-41)26-18-45-19-26/h1-6,15,21,26-27,29H,7-14,17-19H2,(H,37,38,39,40)/t27-,29-/m0/s1. The number of hydrogen-bond donors (Lipinski definition) is 1. The molecule has 2 atom stereocenters. The van der Waals surface area contributed by atoms with Gasteiger partial charge in [0.15, 0.2) is 12.0 Å². The van der Waals surface area contributed by atoms with Crippen molar-refractivity contribution in [2.45, 2.75) is 37.6 Å². The summed E-state index contributed by atoms with van der Waals surface area (Å²) in [6.45, 7) is 5.87. The molecule has 1 N–H and O–H groups in total. The molecule has 3 aromatic rings. The quantitative estimate of drug-likeness (QED) is 0.395. The normalized spacial score (nSPS) is 22.7. The molecule has 1 aromatic heterocycles. The van der Waals surface area contributed by atoms with E-state index in [2.05, 4.69) is 54.3 Å². The van der Waals surface area contributed by atoms with Crippen LogP contribution in [0, 0.1) is 28.1 Å². The van der Waals surface area contributed by atoms with E-state index in [1.54, 1.807) is 18.2 Å². The van der Waals surface area contributed by atoms with Gasteiger partial charge in [-0.3, -0.25) is 9.69 Å². The number of aromatic nitrogens is 3.